The van der Waals surface area contributed by atoms with Crippen molar-refractivity contribution in [1.82, 2.24) is 4.57 Å². The number of rotatable bonds is 8. The first-order valence-corrected chi connectivity index (χ1v) is 9.63. The lowest BCUT2D eigenvalue weighted by Crippen LogP contribution is -2.30. The number of nitrogens with one attached hydrogen (secondary N) is 1. The number of amides is 1. The van der Waals surface area contributed by atoms with E-state index in [-0.39, 0.29) is 35.9 Å². The summed E-state index contributed by atoms with van der Waals surface area (Å²) in [7, 11) is 0. The van der Waals surface area contributed by atoms with Gasteiger partial charge in [0.15, 0.2) is 0 Å². The number of aromatic nitrogens is 1. The van der Waals surface area contributed by atoms with Gasteiger partial charge in [-0.25, -0.2) is 0 Å². The SMILES string of the molecule is CC(=O)Cn1c(Cc2ccccc2)ccc(NC(=O)CCc2ccccc2)c1=O. The monoisotopic (exact) mass is 388 g/mol. The predicted octanol–water partition coefficient (Wildman–Crippen LogP) is 3.60. The molecule has 0 radical (unpaired) electrons. The van der Waals surface area contributed by atoms with E-state index < -0.39 is 0 Å². The molecule has 5 nitrogen and oxygen atoms in total. The summed E-state index contributed by atoms with van der Waals surface area (Å²) in [5.74, 6) is -0.342. The summed E-state index contributed by atoms with van der Waals surface area (Å²) in [5, 5.41) is 2.70. The number of hydrogen-bond acceptors (Lipinski definition) is 3. The van der Waals surface area contributed by atoms with Gasteiger partial charge >= 0.3 is 0 Å². The zero-order valence-corrected chi connectivity index (χ0v) is 16.4. The fourth-order valence-corrected chi connectivity index (χ4v) is 3.18. The summed E-state index contributed by atoms with van der Waals surface area (Å²) in [6.45, 7) is 1.43. The molecule has 0 aliphatic carbocycles. The Morgan fingerprint density at radius 1 is 0.862 bits per heavy atom. The van der Waals surface area contributed by atoms with E-state index in [0.717, 1.165) is 16.8 Å². The third-order valence-corrected chi connectivity index (χ3v) is 4.63. The van der Waals surface area contributed by atoms with Crippen LogP contribution in [0, 0.1) is 0 Å². The topological polar surface area (TPSA) is 68.2 Å². The quantitative estimate of drug-likeness (QED) is 0.641. The molecule has 1 heterocycles. The van der Waals surface area contributed by atoms with Crippen molar-refractivity contribution in [3.63, 3.8) is 0 Å². The number of nitrogens with zero attached hydrogens (tertiary/aromatic N) is 1. The molecule has 2 aromatic carbocycles. The second kappa shape index (κ2) is 9.64. The highest BCUT2D eigenvalue weighted by Gasteiger charge is 2.13. The number of Topliss-reactive ketones (excluding diaryl/α,β-unsaturated/α-hetero) is 1. The number of pyridine rings is 1. The van der Waals surface area contributed by atoms with Gasteiger partial charge in [-0.2, -0.15) is 0 Å². The van der Waals surface area contributed by atoms with Crippen molar-refractivity contribution in [2.75, 3.05) is 5.32 Å². The van der Waals surface area contributed by atoms with Gasteiger partial charge in [0.1, 0.15) is 11.5 Å². The molecule has 0 saturated heterocycles. The summed E-state index contributed by atoms with van der Waals surface area (Å²) < 4.78 is 1.45. The predicted molar refractivity (Wildman–Crippen MR) is 114 cm³/mol. The summed E-state index contributed by atoms with van der Waals surface area (Å²) in [5.41, 5.74) is 2.68. The Kier molecular flexibility index (Phi) is 6.74. The molecule has 3 aromatic rings. The number of anilines is 1. The highest BCUT2D eigenvalue weighted by atomic mass is 16.2. The van der Waals surface area contributed by atoms with Crippen molar-refractivity contribution < 1.29 is 9.59 Å². The van der Waals surface area contributed by atoms with Crippen LogP contribution in [0.15, 0.2) is 77.6 Å². The van der Waals surface area contributed by atoms with Crippen molar-refractivity contribution in [1.29, 1.82) is 0 Å². The van der Waals surface area contributed by atoms with Gasteiger partial charge in [-0.05, 0) is 36.6 Å². The molecule has 148 valence electrons. The zero-order chi connectivity index (χ0) is 20.6. The second-order valence-corrected chi connectivity index (χ2v) is 7.03. The summed E-state index contributed by atoms with van der Waals surface area (Å²) >= 11 is 0. The van der Waals surface area contributed by atoms with Crippen LogP contribution in [-0.2, 0) is 29.0 Å². The van der Waals surface area contributed by atoms with E-state index in [2.05, 4.69) is 5.32 Å². The van der Waals surface area contributed by atoms with Gasteiger partial charge in [0.2, 0.25) is 5.91 Å². The van der Waals surface area contributed by atoms with Gasteiger partial charge in [-0.3, -0.25) is 14.4 Å². The maximum absolute atomic E-state index is 12.9. The van der Waals surface area contributed by atoms with E-state index in [1.165, 1.54) is 11.5 Å². The van der Waals surface area contributed by atoms with Crippen LogP contribution in [0.3, 0.4) is 0 Å². The number of carbonyl (C=O) groups is 2. The molecule has 0 spiro atoms. The van der Waals surface area contributed by atoms with Gasteiger partial charge in [-0.15, -0.1) is 0 Å². The third-order valence-electron chi connectivity index (χ3n) is 4.63. The largest absolute Gasteiger partial charge is 0.321 e. The van der Waals surface area contributed by atoms with Crippen LogP contribution in [0.4, 0.5) is 5.69 Å². The zero-order valence-electron chi connectivity index (χ0n) is 16.4. The average molecular weight is 388 g/mol. The summed E-state index contributed by atoms with van der Waals surface area (Å²) in [6, 6.07) is 22.9. The molecule has 3 rings (SSSR count). The Morgan fingerprint density at radius 3 is 2.10 bits per heavy atom. The molecule has 5 heteroatoms. The van der Waals surface area contributed by atoms with Crippen LogP contribution >= 0.6 is 0 Å². The normalized spacial score (nSPS) is 10.5. The Bertz CT molecular complexity index is 1040. The van der Waals surface area contributed by atoms with Crippen LogP contribution in [0.1, 0.15) is 30.2 Å². The molecule has 29 heavy (non-hydrogen) atoms. The molecule has 0 saturated carbocycles. The maximum Gasteiger partial charge on any atom is 0.274 e. The number of ketones is 1. The van der Waals surface area contributed by atoms with Crippen molar-refractivity contribution in [2.24, 2.45) is 0 Å². The molecule has 0 unspecified atom stereocenters. The molecule has 0 aliphatic rings. The van der Waals surface area contributed by atoms with Gasteiger partial charge < -0.3 is 9.88 Å². The first-order valence-electron chi connectivity index (χ1n) is 9.63. The number of hydrogen-bond donors (Lipinski definition) is 1. The van der Waals surface area contributed by atoms with Crippen LogP contribution in [-0.4, -0.2) is 16.3 Å². The van der Waals surface area contributed by atoms with Crippen molar-refractivity contribution in [2.45, 2.75) is 32.7 Å². The van der Waals surface area contributed by atoms with Crippen LogP contribution < -0.4 is 10.9 Å². The lowest BCUT2D eigenvalue weighted by atomic mass is 10.1. The molecule has 1 aromatic heterocycles. The first kappa shape index (κ1) is 20.3. The van der Waals surface area contributed by atoms with E-state index in [9.17, 15) is 14.4 Å². The van der Waals surface area contributed by atoms with Crippen molar-refractivity contribution in [3.8, 4) is 0 Å². The van der Waals surface area contributed by atoms with Gasteiger partial charge in [0, 0.05) is 18.5 Å². The van der Waals surface area contributed by atoms with E-state index >= 15 is 0 Å². The standard InChI is InChI=1S/C24H24N2O3/c1-18(27)17-26-21(16-20-10-6-3-7-11-20)13-14-22(24(26)29)25-23(28)15-12-19-8-4-2-5-9-19/h2-11,13-14H,12,15-17H2,1H3,(H,25,28). The summed E-state index contributed by atoms with van der Waals surface area (Å²) in [4.78, 5) is 37.0. The Hall–Kier alpha value is -3.47. The van der Waals surface area contributed by atoms with E-state index in [1.54, 1.807) is 12.1 Å². The third kappa shape index (κ3) is 5.75. The van der Waals surface area contributed by atoms with E-state index in [0.29, 0.717) is 12.8 Å². The minimum atomic E-state index is -0.360. The maximum atomic E-state index is 12.9. The molecule has 0 fully saturated rings. The van der Waals surface area contributed by atoms with Crippen molar-refractivity contribution in [3.05, 3.63) is 100.0 Å². The van der Waals surface area contributed by atoms with E-state index in [1.807, 2.05) is 60.7 Å². The fraction of sp³-hybridized carbons (Fsp3) is 0.208. The van der Waals surface area contributed by atoms with Gasteiger partial charge in [0.05, 0.1) is 6.54 Å². The molecule has 1 N–H and O–H groups in total. The second-order valence-electron chi connectivity index (χ2n) is 7.03. The number of benzene rings is 2. The molecule has 0 atom stereocenters. The molecule has 0 bridgehead atoms. The van der Waals surface area contributed by atoms with Crippen LogP contribution in [0.5, 0.6) is 0 Å². The Morgan fingerprint density at radius 2 is 1.48 bits per heavy atom. The van der Waals surface area contributed by atoms with E-state index in [4.69, 9.17) is 0 Å². The highest BCUT2D eigenvalue weighted by molar-refractivity contribution is 5.90. The Balaban J connectivity index is 1.77. The fourth-order valence-electron chi connectivity index (χ4n) is 3.18. The van der Waals surface area contributed by atoms with Crippen LogP contribution in [0.2, 0.25) is 0 Å². The van der Waals surface area contributed by atoms with Gasteiger partial charge in [-0.1, -0.05) is 60.7 Å². The molecule has 1 amide bonds. The summed E-state index contributed by atoms with van der Waals surface area (Å²) in [6.07, 6.45) is 1.41. The number of aryl methyl sites for hydroxylation is 1. The van der Waals surface area contributed by atoms with Crippen molar-refractivity contribution >= 4 is 17.4 Å². The molecular weight excluding hydrogens is 364 g/mol. The smallest absolute Gasteiger partial charge is 0.274 e. The minimum absolute atomic E-state index is 0.0191. The Labute approximate surface area is 170 Å². The average Bonchev–Trinajstić information content (AvgIpc) is 2.72. The molecule has 0 aliphatic heterocycles. The highest BCUT2D eigenvalue weighted by Crippen LogP contribution is 2.12. The van der Waals surface area contributed by atoms with Crippen LogP contribution in [0.25, 0.3) is 0 Å². The number of carbonyl (C=O) groups excluding carboxylic acids is 2. The lowest BCUT2D eigenvalue weighted by molar-refractivity contribution is -0.117. The first-order chi connectivity index (χ1) is 14.0. The lowest BCUT2D eigenvalue weighted by Gasteiger charge is -2.14. The molecular formula is C24H24N2O3. The van der Waals surface area contributed by atoms with Gasteiger partial charge in [0.25, 0.3) is 5.56 Å². The minimum Gasteiger partial charge on any atom is -0.321 e.